The van der Waals surface area contributed by atoms with Crippen LogP contribution in [0.5, 0.6) is 0 Å². The Balaban J connectivity index is 1.60. The Morgan fingerprint density at radius 3 is 2.38 bits per heavy atom. The molecule has 0 fully saturated rings. The summed E-state index contributed by atoms with van der Waals surface area (Å²) in [6, 6.07) is 23.6. The number of nitrogens with one attached hydrogen (secondary N) is 1. The summed E-state index contributed by atoms with van der Waals surface area (Å²) in [5.41, 5.74) is 3.53. The van der Waals surface area contributed by atoms with E-state index >= 15 is 0 Å². The molecule has 3 aromatic carbocycles. The number of carbonyl (C=O) groups excluding carboxylic acids is 2. The van der Waals surface area contributed by atoms with Crippen molar-refractivity contribution in [3.63, 3.8) is 0 Å². The van der Waals surface area contributed by atoms with Gasteiger partial charge in [0.05, 0.1) is 0 Å². The van der Waals surface area contributed by atoms with Crippen LogP contribution in [0.3, 0.4) is 0 Å². The Bertz CT molecular complexity index is 1020. The molecule has 2 amide bonds. The highest BCUT2D eigenvalue weighted by molar-refractivity contribution is 6.30. The van der Waals surface area contributed by atoms with Crippen LogP contribution in [0.15, 0.2) is 78.9 Å². The zero-order chi connectivity index (χ0) is 20.2. The first kappa shape index (κ1) is 19.2. The van der Waals surface area contributed by atoms with E-state index in [0.29, 0.717) is 23.7 Å². The van der Waals surface area contributed by atoms with Crippen LogP contribution in [0.4, 0.5) is 0 Å². The molecular formula is C24H21ClN2O2. The molecule has 1 heterocycles. The summed E-state index contributed by atoms with van der Waals surface area (Å²) in [6.45, 7) is 0.881. The number of halogens is 1. The van der Waals surface area contributed by atoms with Crippen molar-refractivity contribution in [1.82, 2.24) is 10.2 Å². The standard InChI is InChI=1S/C24H21ClN2O2/c25-20-12-10-17(11-13-20)16-26-23(28)22-21-9-5-4-6-18(21)14-15-27(22)24(29)19-7-2-1-3-8-19/h1-13,22H,14-16H2,(H,26,28)/t22-/m0/s1. The monoisotopic (exact) mass is 404 g/mol. The minimum Gasteiger partial charge on any atom is -0.350 e. The number of fused-ring (bicyclic) bond motifs is 1. The van der Waals surface area contributed by atoms with Crippen LogP contribution in [0.25, 0.3) is 0 Å². The highest BCUT2D eigenvalue weighted by atomic mass is 35.5. The van der Waals surface area contributed by atoms with Crippen molar-refractivity contribution in [1.29, 1.82) is 0 Å². The van der Waals surface area contributed by atoms with Crippen molar-refractivity contribution in [3.8, 4) is 0 Å². The number of hydrogen-bond donors (Lipinski definition) is 1. The van der Waals surface area contributed by atoms with Gasteiger partial charge >= 0.3 is 0 Å². The Kier molecular flexibility index (Phi) is 5.63. The SMILES string of the molecule is O=C(NCc1ccc(Cl)cc1)[C@@H]1c2ccccc2CCN1C(=O)c1ccccc1. The van der Waals surface area contributed by atoms with Gasteiger partial charge in [0, 0.05) is 23.7 Å². The van der Waals surface area contributed by atoms with Gasteiger partial charge in [-0.05, 0) is 47.4 Å². The summed E-state index contributed by atoms with van der Waals surface area (Å²) in [5, 5.41) is 3.64. The van der Waals surface area contributed by atoms with Gasteiger partial charge in [-0.15, -0.1) is 0 Å². The van der Waals surface area contributed by atoms with E-state index in [1.807, 2.05) is 54.6 Å². The molecule has 29 heavy (non-hydrogen) atoms. The average Bonchev–Trinajstić information content (AvgIpc) is 2.78. The number of amides is 2. The molecule has 0 aliphatic carbocycles. The summed E-state index contributed by atoms with van der Waals surface area (Å²) < 4.78 is 0. The van der Waals surface area contributed by atoms with E-state index in [0.717, 1.165) is 23.1 Å². The molecule has 146 valence electrons. The van der Waals surface area contributed by atoms with E-state index in [-0.39, 0.29) is 11.8 Å². The normalized spacial score (nSPS) is 15.5. The molecule has 0 bridgehead atoms. The highest BCUT2D eigenvalue weighted by Crippen LogP contribution is 2.31. The molecule has 5 heteroatoms. The predicted octanol–water partition coefficient (Wildman–Crippen LogP) is 4.40. The molecule has 0 radical (unpaired) electrons. The highest BCUT2D eigenvalue weighted by Gasteiger charge is 2.36. The van der Waals surface area contributed by atoms with Crippen molar-refractivity contribution in [2.24, 2.45) is 0 Å². The maximum Gasteiger partial charge on any atom is 0.254 e. The average molecular weight is 405 g/mol. The summed E-state index contributed by atoms with van der Waals surface area (Å²) >= 11 is 5.93. The van der Waals surface area contributed by atoms with E-state index in [9.17, 15) is 9.59 Å². The zero-order valence-corrected chi connectivity index (χ0v) is 16.6. The molecule has 0 saturated carbocycles. The molecule has 1 aliphatic heterocycles. The molecule has 1 aliphatic rings. The van der Waals surface area contributed by atoms with Crippen molar-refractivity contribution in [2.45, 2.75) is 19.0 Å². The zero-order valence-electron chi connectivity index (χ0n) is 15.8. The quantitative estimate of drug-likeness (QED) is 0.700. The lowest BCUT2D eigenvalue weighted by atomic mass is 9.91. The summed E-state index contributed by atoms with van der Waals surface area (Å²) in [4.78, 5) is 28.1. The second-order valence-electron chi connectivity index (χ2n) is 7.06. The van der Waals surface area contributed by atoms with Crippen LogP contribution in [0, 0.1) is 0 Å². The molecule has 0 aromatic heterocycles. The van der Waals surface area contributed by atoms with Crippen molar-refractivity contribution in [3.05, 3.63) is 106 Å². The molecule has 0 saturated heterocycles. The third kappa shape index (κ3) is 4.17. The molecule has 4 nitrogen and oxygen atoms in total. The Hall–Kier alpha value is -3.11. The Morgan fingerprint density at radius 2 is 1.62 bits per heavy atom. The van der Waals surface area contributed by atoms with Gasteiger partial charge in [0.1, 0.15) is 6.04 Å². The molecule has 4 rings (SSSR count). The van der Waals surface area contributed by atoms with Gasteiger partial charge in [-0.1, -0.05) is 66.2 Å². The third-order valence-electron chi connectivity index (χ3n) is 5.19. The topological polar surface area (TPSA) is 49.4 Å². The first-order chi connectivity index (χ1) is 14.1. The molecule has 0 spiro atoms. The number of benzene rings is 3. The van der Waals surface area contributed by atoms with E-state index in [4.69, 9.17) is 11.6 Å². The fraction of sp³-hybridized carbons (Fsp3) is 0.167. The Morgan fingerprint density at radius 1 is 0.931 bits per heavy atom. The minimum atomic E-state index is -0.653. The van der Waals surface area contributed by atoms with Crippen molar-refractivity contribution < 1.29 is 9.59 Å². The van der Waals surface area contributed by atoms with E-state index in [1.54, 1.807) is 29.2 Å². The van der Waals surface area contributed by atoms with Gasteiger partial charge in [-0.25, -0.2) is 0 Å². The van der Waals surface area contributed by atoms with Gasteiger partial charge in [0.2, 0.25) is 5.91 Å². The molecule has 3 aromatic rings. The lowest BCUT2D eigenvalue weighted by Crippen LogP contribution is -2.47. The van der Waals surface area contributed by atoms with Gasteiger partial charge in [-0.2, -0.15) is 0 Å². The van der Waals surface area contributed by atoms with Crippen LogP contribution < -0.4 is 5.32 Å². The number of nitrogens with zero attached hydrogens (tertiary/aromatic N) is 1. The second kappa shape index (κ2) is 8.50. The lowest BCUT2D eigenvalue weighted by Gasteiger charge is -2.36. The summed E-state index contributed by atoms with van der Waals surface area (Å²) in [6.07, 6.45) is 0.732. The minimum absolute atomic E-state index is 0.133. The molecular weight excluding hydrogens is 384 g/mol. The van der Waals surface area contributed by atoms with Crippen LogP contribution >= 0.6 is 11.6 Å². The summed E-state index contributed by atoms with van der Waals surface area (Å²) in [5.74, 6) is -0.317. The Labute approximate surface area is 175 Å². The maximum atomic E-state index is 13.2. The van der Waals surface area contributed by atoms with E-state index in [1.165, 1.54) is 0 Å². The molecule has 0 unspecified atom stereocenters. The number of rotatable bonds is 4. The first-order valence-corrected chi connectivity index (χ1v) is 9.97. The second-order valence-corrected chi connectivity index (χ2v) is 7.50. The van der Waals surface area contributed by atoms with Crippen LogP contribution in [0.1, 0.15) is 33.1 Å². The van der Waals surface area contributed by atoms with E-state index in [2.05, 4.69) is 5.32 Å². The molecule has 1 N–H and O–H groups in total. The lowest BCUT2D eigenvalue weighted by molar-refractivity contribution is -0.126. The van der Waals surface area contributed by atoms with E-state index < -0.39 is 6.04 Å². The van der Waals surface area contributed by atoms with Gasteiger partial charge in [-0.3, -0.25) is 9.59 Å². The number of hydrogen-bond acceptors (Lipinski definition) is 2. The molecule has 1 atom stereocenters. The number of carbonyl (C=O) groups is 2. The van der Waals surface area contributed by atoms with Crippen LogP contribution in [-0.4, -0.2) is 23.3 Å². The fourth-order valence-electron chi connectivity index (χ4n) is 3.70. The van der Waals surface area contributed by atoms with Crippen molar-refractivity contribution in [2.75, 3.05) is 6.54 Å². The summed E-state index contributed by atoms with van der Waals surface area (Å²) in [7, 11) is 0. The fourth-order valence-corrected chi connectivity index (χ4v) is 3.83. The van der Waals surface area contributed by atoms with Gasteiger partial charge in [0.15, 0.2) is 0 Å². The maximum absolute atomic E-state index is 13.2. The van der Waals surface area contributed by atoms with Gasteiger partial charge in [0.25, 0.3) is 5.91 Å². The van der Waals surface area contributed by atoms with Gasteiger partial charge < -0.3 is 10.2 Å². The van der Waals surface area contributed by atoms with Crippen LogP contribution in [-0.2, 0) is 17.8 Å². The largest absolute Gasteiger partial charge is 0.350 e. The predicted molar refractivity (Wildman–Crippen MR) is 114 cm³/mol. The van der Waals surface area contributed by atoms with Crippen LogP contribution in [0.2, 0.25) is 5.02 Å². The first-order valence-electron chi connectivity index (χ1n) is 9.59. The smallest absolute Gasteiger partial charge is 0.254 e. The third-order valence-corrected chi connectivity index (χ3v) is 5.45. The van der Waals surface area contributed by atoms with Crippen molar-refractivity contribution >= 4 is 23.4 Å².